The molecule has 126 valence electrons. The Hall–Kier alpha value is -2.69. The van der Waals surface area contributed by atoms with Crippen LogP contribution in [0.5, 0.6) is 0 Å². The lowest BCUT2D eigenvalue weighted by molar-refractivity contribution is 0.0939. The second kappa shape index (κ2) is 8.24. The average molecular weight is 325 g/mol. The number of hydrogen-bond acceptors (Lipinski definition) is 3. The minimum atomic E-state index is -0.252. The lowest BCUT2D eigenvalue weighted by Gasteiger charge is -2.14. The van der Waals surface area contributed by atoms with Gasteiger partial charge in [-0.1, -0.05) is 44.2 Å². The van der Waals surface area contributed by atoms with E-state index in [9.17, 15) is 9.59 Å². The van der Waals surface area contributed by atoms with Crippen molar-refractivity contribution in [2.75, 3.05) is 6.54 Å². The highest BCUT2D eigenvalue weighted by Gasteiger charge is 2.14. The van der Waals surface area contributed by atoms with E-state index in [1.807, 2.05) is 51.1 Å². The highest BCUT2D eigenvalue weighted by molar-refractivity contribution is 5.99. The number of nitrogens with one attached hydrogen (secondary N) is 2. The Bertz CT molecular complexity index is 699. The third-order valence-electron chi connectivity index (χ3n) is 3.58. The summed E-state index contributed by atoms with van der Waals surface area (Å²) in [4.78, 5) is 28.5. The molecular formula is C19H23N3O2. The SMILES string of the molecule is CC(C)CNC(=O)c1cncc(C(=O)NC(C)c2ccccc2)c1. The van der Waals surface area contributed by atoms with Gasteiger partial charge in [-0.3, -0.25) is 14.6 Å². The van der Waals surface area contributed by atoms with Gasteiger partial charge in [-0.2, -0.15) is 0 Å². The third kappa shape index (κ3) is 4.91. The van der Waals surface area contributed by atoms with Gasteiger partial charge in [-0.05, 0) is 24.5 Å². The number of aromatic nitrogens is 1. The van der Waals surface area contributed by atoms with Crippen molar-refractivity contribution in [2.45, 2.75) is 26.8 Å². The molecule has 1 aromatic carbocycles. The van der Waals surface area contributed by atoms with Crippen LogP contribution in [0.4, 0.5) is 0 Å². The Kier molecular flexibility index (Phi) is 6.07. The maximum absolute atomic E-state index is 12.4. The Morgan fingerprint density at radius 2 is 1.62 bits per heavy atom. The van der Waals surface area contributed by atoms with Gasteiger partial charge < -0.3 is 10.6 Å². The van der Waals surface area contributed by atoms with E-state index in [4.69, 9.17) is 0 Å². The Morgan fingerprint density at radius 3 is 2.25 bits per heavy atom. The summed E-state index contributed by atoms with van der Waals surface area (Å²) < 4.78 is 0. The highest BCUT2D eigenvalue weighted by Crippen LogP contribution is 2.12. The fraction of sp³-hybridized carbons (Fsp3) is 0.316. The summed E-state index contributed by atoms with van der Waals surface area (Å²) in [5.41, 5.74) is 1.77. The molecule has 1 aromatic heterocycles. The summed E-state index contributed by atoms with van der Waals surface area (Å²) in [6.45, 7) is 6.54. The number of carbonyl (C=O) groups excluding carboxylic acids is 2. The van der Waals surface area contributed by atoms with E-state index in [-0.39, 0.29) is 17.9 Å². The van der Waals surface area contributed by atoms with Gasteiger partial charge in [-0.15, -0.1) is 0 Å². The van der Waals surface area contributed by atoms with Crippen molar-refractivity contribution in [1.29, 1.82) is 0 Å². The smallest absolute Gasteiger partial charge is 0.253 e. The van der Waals surface area contributed by atoms with Gasteiger partial charge in [0.25, 0.3) is 11.8 Å². The van der Waals surface area contributed by atoms with E-state index in [2.05, 4.69) is 15.6 Å². The van der Waals surface area contributed by atoms with Crippen LogP contribution in [-0.4, -0.2) is 23.3 Å². The summed E-state index contributed by atoms with van der Waals surface area (Å²) in [5, 5.41) is 5.74. The molecule has 0 bridgehead atoms. The molecule has 1 unspecified atom stereocenters. The van der Waals surface area contributed by atoms with Crippen LogP contribution in [0.15, 0.2) is 48.8 Å². The topological polar surface area (TPSA) is 71.1 Å². The minimum absolute atomic E-state index is 0.128. The highest BCUT2D eigenvalue weighted by atomic mass is 16.2. The van der Waals surface area contributed by atoms with Crippen LogP contribution in [0, 0.1) is 5.92 Å². The molecule has 5 heteroatoms. The Morgan fingerprint density at radius 1 is 1.00 bits per heavy atom. The van der Waals surface area contributed by atoms with Crippen molar-refractivity contribution in [3.8, 4) is 0 Å². The fourth-order valence-electron chi connectivity index (χ4n) is 2.19. The third-order valence-corrected chi connectivity index (χ3v) is 3.58. The number of rotatable bonds is 6. The zero-order chi connectivity index (χ0) is 17.5. The van der Waals surface area contributed by atoms with Crippen LogP contribution in [0.1, 0.15) is 53.1 Å². The van der Waals surface area contributed by atoms with Crippen LogP contribution in [0.25, 0.3) is 0 Å². The van der Waals surface area contributed by atoms with Gasteiger partial charge in [0.1, 0.15) is 0 Å². The molecule has 0 aliphatic heterocycles. The molecule has 2 aromatic rings. The lowest BCUT2D eigenvalue weighted by atomic mass is 10.1. The van der Waals surface area contributed by atoms with Crippen LogP contribution in [0.2, 0.25) is 0 Å². The van der Waals surface area contributed by atoms with Gasteiger partial charge >= 0.3 is 0 Å². The average Bonchev–Trinajstić information content (AvgIpc) is 2.60. The van der Waals surface area contributed by atoms with Crippen LogP contribution in [-0.2, 0) is 0 Å². The molecular weight excluding hydrogens is 302 g/mol. The van der Waals surface area contributed by atoms with Crippen molar-refractivity contribution in [2.24, 2.45) is 5.92 Å². The van der Waals surface area contributed by atoms with Gasteiger partial charge in [0.15, 0.2) is 0 Å². The van der Waals surface area contributed by atoms with E-state index < -0.39 is 0 Å². The zero-order valence-corrected chi connectivity index (χ0v) is 14.2. The molecule has 24 heavy (non-hydrogen) atoms. The van der Waals surface area contributed by atoms with Crippen LogP contribution >= 0.6 is 0 Å². The summed E-state index contributed by atoms with van der Waals surface area (Å²) in [5.74, 6) is -0.112. The molecule has 5 nitrogen and oxygen atoms in total. The maximum Gasteiger partial charge on any atom is 0.253 e. The molecule has 1 atom stereocenters. The molecule has 0 radical (unpaired) electrons. The first kappa shape index (κ1) is 17.7. The number of carbonyl (C=O) groups is 2. The first-order valence-electron chi connectivity index (χ1n) is 8.06. The van der Waals surface area contributed by atoms with E-state index in [1.165, 1.54) is 12.4 Å². The first-order valence-corrected chi connectivity index (χ1v) is 8.06. The predicted octanol–water partition coefficient (Wildman–Crippen LogP) is 2.96. The minimum Gasteiger partial charge on any atom is -0.352 e. The standard InChI is InChI=1S/C19H23N3O2/c1-13(2)10-21-18(23)16-9-17(12-20-11-16)19(24)22-14(3)15-7-5-4-6-8-15/h4-9,11-14H,10H2,1-3H3,(H,21,23)(H,22,24). The van der Waals surface area contributed by atoms with Crippen LogP contribution in [0.3, 0.4) is 0 Å². The lowest BCUT2D eigenvalue weighted by Crippen LogP contribution is -2.29. The Labute approximate surface area is 142 Å². The summed E-state index contributed by atoms with van der Waals surface area (Å²) >= 11 is 0. The second-order valence-corrected chi connectivity index (χ2v) is 6.17. The normalized spacial score (nSPS) is 11.8. The van der Waals surface area contributed by atoms with Crippen molar-refractivity contribution in [3.05, 3.63) is 65.5 Å². The van der Waals surface area contributed by atoms with Crippen LogP contribution < -0.4 is 10.6 Å². The molecule has 1 heterocycles. The predicted molar refractivity (Wildman–Crippen MR) is 93.7 cm³/mol. The molecule has 0 aliphatic rings. The number of benzene rings is 1. The van der Waals surface area contributed by atoms with Gasteiger partial charge in [0.2, 0.25) is 0 Å². The number of pyridine rings is 1. The summed E-state index contributed by atoms with van der Waals surface area (Å²) in [7, 11) is 0. The van der Waals surface area contributed by atoms with E-state index in [0.29, 0.717) is 23.6 Å². The molecule has 2 rings (SSSR count). The van der Waals surface area contributed by atoms with Gasteiger partial charge in [0, 0.05) is 18.9 Å². The molecule has 0 saturated heterocycles. The quantitative estimate of drug-likeness (QED) is 0.858. The van der Waals surface area contributed by atoms with E-state index in [1.54, 1.807) is 6.07 Å². The monoisotopic (exact) mass is 325 g/mol. The fourth-order valence-corrected chi connectivity index (χ4v) is 2.19. The van der Waals surface area contributed by atoms with Gasteiger partial charge in [-0.25, -0.2) is 0 Å². The van der Waals surface area contributed by atoms with E-state index in [0.717, 1.165) is 5.56 Å². The molecule has 0 saturated carbocycles. The Balaban J connectivity index is 2.05. The van der Waals surface area contributed by atoms with Crippen molar-refractivity contribution >= 4 is 11.8 Å². The largest absolute Gasteiger partial charge is 0.352 e. The number of hydrogen-bond donors (Lipinski definition) is 2. The zero-order valence-electron chi connectivity index (χ0n) is 14.2. The molecule has 2 N–H and O–H groups in total. The number of amides is 2. The number of nitrogens with zero attached hydrogens (tertiary/aromatic N) is 1. The van der Waals surface area contributed by atoms with Gasteiger partial charge in [0.05, 0.1) is 17.2 Å². The summed E-state index contributed by atoms with van der Waals surface area (Å²) in [6.07, 6.45) is 2.93. The van der Waals surface area contributed by atoms with Crippen molar-refractivity contribution in [1.82, 2.24) is 15.6 Å². The van der Waals surface area contributed by atoms with Crippen molar-refractivity contribution in [3.63, 3.8) is 0 Å². The second-order valence-electron chi connectivity index (χ2n) is 6.17. The maximum atomic E-state index is 12.4. The molecule has 0 aliphatic carbocycles. The first-order chi connectivity index (χ1) is 11.5. The molecule has 2 amide bonds. The molecule has 0 spiro atoms. The summed E-state index contributed by atoms with van der Waals surface area (Å²) in [6, 6.07) is 11.1. The van der Waals surface area contributed by atoms with Crippen molar-refractivity contribution < 1.29 is 9.59 Å². The molecule has 0 fully saturated rings. The van der Waals surface area contributed by atoms with E-state index >= 15 is 0 Å².